The number of methoxy groups -OCH3 is 2. The Morgan fingerprint density at radius 3 is 2.52 bits per heavy atom. The highest BCUT2D eigenvalue weighted by molar-refractivity contribution is 6.33. The van der Waals surface area contributed by atoms with Gasteiger partial charge in [0.15, 0.2) is 0 Å². The number of hydrogen-bond acceptors (Lipinski definition) is 7. The van der Waals surface area contributed by atoms with Crippen LogP contribution in [0.4, 0.5) is 11.8 Å². The highest BCUT2D eigenvalue weighted by Gasteiger charge is 2.18. The van der Waals surface area contributed by atoms with Crippen molar-refractivity contribution in [3.05, 3.63) is 28.9 Å². The fourth-order valence-electron chi connectivity index (χ4n) is 1.86. The predicted octanol–water partition coefficient (Wildman–Crippen LogP) is 1.76. The van der Waals surface area contributed by atoms with E-state index in [-0.39, 0.29) is 16.9 Å². The molecule has 0 saturated heterocycles. The zero-order valence-electron chi connectivity index (χ0n) is 11.4. The molecule has 0 aliphatic carbocycles. The van der Waals surface area contributed by atoms with E-state index in [0.29, 0.717) is 22.4 Å². The minimum atomic E-state index is -0.479. The van der Waals surface area contributed by atoms with Crippen LogP contribution in [-0.4, -0.2) is 30.2 Å². The Hall–Kier alpha value is -2.54. The van der Waals surface area contributed by atoms with Gasteiger partial charge in [-0.3, -0.25) is 0 Å². The molecule has 0 saturated carbocycles. The molecule has 2 aromatic rings. The van der Waals surface area contributed by atoms with E-state index < -0.39 is 5.97 Å². The topological polar surface area (TPSA) is 113 Å². The number of hydrogen-bond donors (Lipinski definition) is 2. The van der Waals surface area contributed by atoms with Gasteiger partial charge in [-0.25, -0.2) is 9.78 Å². The van der Waals surface area contributed by atoms with E-state index in [0.717, 1.165) is 0 Å². The third-order valence-corrected chi connectivity index (χ3v) is 3.08. The van der Waals surface area contributed by atoms with E-state index >= 15 is 0 Å². The fraction of sp³-hybridized carbons (Fsp3) is 0.154. The van der Waals surface area contributed by atoms with Crippen LogP contribution >= 0.6 is 11.6 Å². The van der Waals surface area contributed by atoms with Gasteiger partial charge >= 0.3 is 5.97 Å². The zero-order chi connectivity index (χ0) is 15.6. The molecule has 1 aromatic carbocycles. The molecular formula is C13H13ClN4O3. The SMILES string of the molecule is COC(=O)c1ccc(-c2c(N)nc(N)nc2Cl)c(OC)c1. The normalized spacial score (nSPS) is 10.2. The Kier molecular flexibility index (Phi) is 4.13. The average Bonchev–Trinajstić information content (AvgIpc) is 2.45. The summed E-state index contributed by atoms with van der Waals surface area (Å²) >= 11 is 6.07. The van der Waals surface area contributed by atoms with Gasteiger partial charge < -0.3 is 20.9 Å². The number of nitrogen functional groups attached to an aromatic ring is 2. The number of carbonyl (C=O) groups is 1. The molecule has 0 atom stereocenters. The third kappa shape index (κ3) is 2.82. The van der Waals surface area contributed by atoms with Gasteiger partial charge in [0.1, 0.15) is 16.7 Å². The summed E-state index contributed by atoms with van der Waals surface area (Å²) in [4.78, 5) is 19.3. The van der Waals surface area contributed by atoms with Crippen molar-refractivity contribution >= 4 is 29.3 Å². The number of carbonyl (C=O) groups excluding carboxylic acids is 1. The summed E-state index contributed by atoms with van der Waals surface area (Å²) in [5, 5.41) is 0.101. The number of rotatable bonds is 3. The number of halogens is 1. The Morgan fingerprint density at radius 2 is 1.95 bits per heavy atom. The van der Waals surface area contributed by atoms with E-state index in [1.807, 2.05) is 0 Å². The summed E-state index contributed by atoms with van der Waals surface area (Å²) in [7, 11) is 2.76. The second kappa shape index (κ2) is 5.84. The lowest BCUT2D eigenvalue weighted by Gasteiger charge is -2.13. The molecule has 0 bridgehead atoms. The van der Waals surface area contributed by atoms with E-state index in [1.165, 1.54) is 20.3 Å². The summed E-state index contributed by atoms with van der Waals surface area (Å²) in [6.07, 6.45) is 0. The molecule has 0 spiro atoms. The van der Waals surface area contributed by atoms with Crippen molar-refractivity contribution < 1.29 is 14.3 Å². The molecule has 0 radical (unpaired) electrons. The van der Waals surface area contributed by atoms with Crippen LogP contribution in [0.25, 0.3) is 11.1 Å². The van der Waals surface area contributed by atoms with Crippen LogP contribution in [0.3, 0.4) is 0 Å². The van der Waals surface area contributed by atoms with Crippen LogP contribution in [0.1, 0.15) is 10.4 Å². The number of nitrogens with two attached hydrogens (primary N) is 2. The highest BCUT2D eigenvalue weighted by atomic mass is 35.5. The van der Waals surface area contributed by atoms with Gasteiger partial charge in [-0.2, -0.15) is 4.98 Å². The Morgan fingerprint density at radius 1 is 1.24 bits per heavy atom. The molecule has 0 aliphatic heterocycles. The summed E-state index contributed by atoms with van der Waals surface area (Å²) < 4.78 is 9.92. The largest absolute Gasteiger partial charge is 0.496 e. The monoisotopic (exact) mass is 308 g/mol. The van der Waals surface area contributed by atoms with Gasteiger partial charge in [0, 0.05) is 5.56 Å². The van der Waals surface area contributed by atoms with Gasteiger partial charge in [0.2, 0.25) is 5.95 Å². The highest BCUT2D eigenvalue weighted by Crippen LogP contribution is 2.38. The quantitative estimate of drug-likeness (QED) is 0.656. The first kappa shape index (κ1) is 14.9. The molecule has 21 heavy (non-hydrogen) atoms. The molecule has 7 nitrogen and oxygen atoms in total. The van der Waals surface area contributed by atoms with Gasteiger partial charge in [-0.1, -0.05) is 11.6 Å². The summed E-state index contributed by atoms with van der Waals surface area (Å²) in [5.41, 5.74) is 12.6. The first-order chi connectivity index (χ1) is 9.97. The maximum absolute atomic E-state index is 11.5. The Bertz CT molecular complexity index is 683. The number of nitrogens with zero attached hydrogens (tertiary/aromatic N) is 2. The summed E-state index contributed by atoms with van der Waals surface area (Å²) in [6, 6.07) is 4.71. The van der Waals surface area contributed by atoms with Crippen LogP contribution in [0, 0.1) is 0 Å². The minimum Gasteiger partial charge on any atom is -0.496 e. The second-order valence-corrected chi connectivity index (χ2v) is 4.40. The van der Waals surface area contributed by atoms with Crippen molar-refractivity contribution in [3.63, 3.8) is 0 Å². The maximum atomic E-state index is 11.5. The van der Waals surface area contributed by atoms with Crippen LogP contribution in [-0.2, 0) is 4.74 Å². The second-order valence-electron chi connectivity index (χ2n) is 4.04. The fourth-order valence-corrected chi connectivity index (χ4v) is 2.14. The molecule has 1 aromatic heterocycles. The van der Waals surface area contributed by atoms with Crippen LogP contribution < -0.4 is 16.2 Å². The van der Waals surface area contributed by atoms with E-state index in [1.54, 1.807) is 12.1 Å². The Balaban J connectivity index is 2.62. The lowest BCUT2D eigenvalue weighted by atomic mass is 10.0. The van der Waals surface area contributed by atoms with Crippen molar-refractivity contribution in [1.82, 2.24) is 9.97 Å². The number of ether oxygens (including phenoxy) is 2. The van der Waals surface area contributed by atoms with Crippen molar-refractivity contribution in [2.24, 2.45) is 0 Å². The van der Waals surface area contributed by atoms with Crippen molar-refractivity contribution in [2.45, 2.75) is 0 Å². The lowest BCUT2D eigenvalue weighted by Crippen LogP contribution is -2.05. The maximum Gasteiger partial charge on any atom is 0.337 e. The van der Waals surface area contributed by atoms with Gasteiger partial charge in [0.25, 0.3) is 0 Å². The molecule has 2 rings (SSSR count). The van der Waals surface area contributed by atoms with Gasteiger partial charge in [0.05, 0.1) is 25.3 Å². The third-order valence-electron chi connectivity index (χ3n) is 2.80. The number of aromatic nitrogens is 2. The summed E-state index contributed by atoms with van der Waals surface area (Å²) in [6.45, 7) is 0. The van der Waals surface area contributed by atoms with Crippen molar-refractivity contribution in [1.29, 1.82) is 0 Å². The molecule has 4 N–H and O–H groups in total. The number of benzene rings is 1. The van der Waals surface area contributed by atoms with Crippen molar-refractivity contribution in [2.75, 3.05) is 25.7 Å². The predicted molar refractivity (Wildman–Crippen MR) is 79.2 cm³/mol. The number of esters is 1. The van der Waals surface area contributed by atoms with Gasteiger partial charge in [-0.05, 0) is 18.2 Å². The molecule has 110 valence electrons. The average molecular weight is 309 g/mol. The van der Waals surface area contributed by atoms with Gasteiger partial charge in [-0.15, -0.1) is 0 Å². The molecule has 0 amide bonds. The minimum absolute atomic E-state index is 0.0219. The van der Waals surface area contributed by atoms with E-state index in [9.17, 15) is 4.79 Å². The summed E-state index contributed by atoms with van der Waals surface area (Å²) in [5.74, 6) is 0.00959. The Labute approximate surface area is 125 Å². The lowest BCUT2D eigenvalue weighted by molar-refractivity contribution is 0.0600. The van der Waals surface area contributed by atoms with Crippen LogP contribution in [0.2, 0.25) is 5.15 Å². The first-order valence-electron chi connectivity index (χ1n) is 5.83. The van der Waals surface area contributed by atoms with Crippen LogP contribution in [0.15, 0.2) is 18.2 Å². The standard InChI is InChI=1S/C13H13ClN4O3/c1-20-8-5-6(12(19)21-2)3-4-7(8)9-10(14)17-13(16)18-11(9)15/h3-5H,1-2H3,(H4,15,16,17,18). The molecule has 1 heterocycles. The first-order valence-corrected chi connectivity index (χ1v) is 6.21. The molecule has 0 fully saturated rings. The van der Waals surface area contributed by atoms with Crippen LogP contribution in [0.5, 0.6) is 5.75 Å². The number of anilines is 2. The van der Waals surface area contributed by atoms with E-state index in [2.05, 4.69) is 14.7 Å². The van der Waals surface area contributed by atoms with E-state index in [4.69, 9.17) is 27.8 Å². The molecule has 0 aliphatic rings. The smallest absolute Gasteiger partial charge is 0.337 e. The molecular weight excluding hydrogens is 296 g/mol. The zero-order valence-corrected chi connectivity index (χ0v) is 12.1. The van der Waals surface area contributed by atoms with Crippen molar-refractivity contribution in [3.8, 4) is 16.9 Å². The molecule has 8 heteroatoms. The molecule has 0 unspecified atom stereocenters.